The van der Waals surface area contributed by atoms with E-state index < -0.39 is 0 Å². The number of rotatable bonds is 9. The second-order valence-corrected chi connectivity index (χ2v) is 6.60. The Morgan fingerprint density at radius 3 is 2.91 bits per heavy atom. The Balaban J connectivity index is 1.88. The second kappa shape index (κ2) is 9.78. The average Bonchev–Trinajstić information content (AvgIpc) is 2.58. The molecule has 1 aliphatic rings. The highest BCUT2D eigenvalue weighted by Gasteiger charge is 2.11. The van der Waals surface area contributed by atoms with Crippen LogP contribution in [0.2, 0.25) is 0 Å². The Bertz CT molecular complexity index is 555. The normalized spacial score (nSPS) is 14.3. The Morgan fingerprint density at radius 1 is 1.35 bits per heavy atom. The molecule has 0 aliphatic heterocycles. The molecule has 0 unspecified atom stereocenters. The van der Waals surface area contributed by atoms with Crippen molar-refractivity contribution in [2.45, 2.75) is 38.6 Å². The maximum absolute atomic E-state index is 5.65. The van der Waals surface area contributed by atoms with E-state index in [1.54, 1.807) is 18.8 Å². The van der Waals surface area contributed by atoms with Gasteiger partial charge < -0.3 is 14.8 Å². The Hall–Kier alpha value is -1.26. The molecular formula is C19H26BrNO2. The molecule has 0 aromatic heterocycles. The lowest BCUT2D eigenvalue weighted by Gasteiger charge is -2.15. The highest BCUT2D eigenvalue weighted by Crippen LogP contribution is 2.36. The maximum atomic E-state index is 5.65. The molecule has 1 aliphatic carbocycles. The van der Waals surface area contributed by atoms with E-state index in [1.807, 2.05) is 6.07 Å². The molecule has 0 spiro atoms. The quantitative estimate of drug-likeness (QED) is 0.483. The molecule has 23 heavy (non-hydrogen) atoms. The first-order chi connectivity index (χ1) is 11.2. The van der Waals surface area contributed by atoms with E-state index in [-0.39, 0.29) is 0 Å². The van der Waals surface area contributed by atoms with Crippen molar-refractivity contribution in [3.8, 4) is 11.5 Å². The first-order valence-corrected chi connectivity index (χ1v) is 9.02. The van der Waals surface area contributed by atoms with Gasteiger partial charge in [0.2, 0.25) is 0 Å². The number of nitrogens with one attached hydrogen (secondary N) is 1. The molecule has 1 aromatic carbocycles. The monoisotopic (exact) mass is 379 g/mol. The van der Waals surface area contributed by atoms with Gasteiger partial charge in [-0.3, -0.25) is 0 Å². The summed E-state index contributed by atoms with van der Waals surface area (Å²) < 4.78 is 12.0. The lowest BCUT2D eigenvalue weighted by molar-refractivity contribution is 0.324. The van der Waals surface area contributed by atoms with Gasteiger partial charge in [-0.1, -0.05) is 24.3 Å². The van der Waals surface area contributed by atoms with Gasteiger partial charge in [0.05, 0.1) is 11.6 Å². The third-order valence-corrected chi connectivity index (χ3v) is 4.56. The number of hydrogen-bond donors (Lipinski definition) is 1. The van der Waals surface area contributed by atoms with Crippen molar-refractivity contribution in [2.75, 3.05) is 20.3 Å². The molecule has 0 heterocycles. The van der Waals surface area contributed by atoms with E-state index >= 15 is 0 Å². The number of ether oxygens (including phenoxy) is 2. The summed E-state index contributed by atoms with van der Waals surface area (Å²) in [6, 6.07) is 4.10. The predicted molar refractivity (Wildman–Crippen MR) is 99.3 cm³/mol. The zero-order chi connectivity index (χ0) is 16.5. The van der Waals surface area contributed by atoms with E-state index in [9.17, 15) is 0 Å². The van der Waals surface area contributed by atoms with Crippen LogP contribution in [0.1, 0.15) is 37.7 Å². The lowest BCUT2D eigenvalue weighted by atomic mass is 9.97. The highest BCUT2D eigenvalue weighted by molar-refractivity contribution is 9.10. The Kier molecular flexibility index (Phi) is 7.69. The van der Waals surface area contributed by atoms with Crippen LogP contribution in [0.3, 0.4) is 0 Å². The fourth-order valence-electron chi connectivity index (χ4n) is 2.77. The molecule has 0 saturated heterocycles. The topological polar surface area (TPSA) is 30.5 Å². The van der Waals surface area contributed by atoms with Gasteiger partial charge in [0, 0.05) is 6.54 Å². The van der Waals surface area contributed by atoms with Crippen LogP contribution < -0.4 is 14.8 Å². The second-order valence-electron chi connectivity index (χ2n) is 5.74. The number of allylic oxidation sites excluding steroid dienone is 1. The van der Waals surface area contributed by atoms with Gasteiger partial charge in [-0.2, -0.15) is 0 Å². The molecule has 1 N–H and O–H groups in total. The molecule has 3 nitrogen and oxygen atoms in total. The van der Waals surface area contributed by atoms with Crippen molar-refractivity contribution in [3.05, 3.63) is 46.5 Å². The SMILES string of the molecule is C=CCOc1c(Br)cc(CNCCC2=CCCCC2)cc1OC. The van der Waals surface area contributed by atoms with Crippen molar-refractivity contribution < 1.29 is 9.47 Å². The van der Waals surface area contributed by atoms with Gasteiger partial charge in [0.1, 0.15) is 6.61 Å². The van der Waals surface area contributed by atoms with Crippen LogP contribution in [0.5, 0.6) is 11.5 Å². The van der Waals surface area contributed by atoms with Crippen molar-refractivity contribution in [2.24, 2.45) is 0 Å². The summed E-state index contributed by atoms with van der Waals surface area (Å²) >= 11 is 3.56. The smallest absolute Gasteiger partial charge is 0.175 e. The summed E-state index contributed by atoms with van der Waals surface area (Å²) in [4.78, 5) is 0. The van der Waals surface area contributed by atoms with Gasteiger partial charge in [-0.25, -0.2) is 0 Å². The minimum absolute atomic E-state index is 0.460. The molecule has 0 radical (unpaired) electrons. The molecule has 1 aromatic rings. The number of hydrogen-bond acceptors (Lipinski definition) is 3. The van der Waals surface area contributed by atoms with Crippen LogP contribution in [0, 0.1) is 0 Å². The molecule has 4 heteroatoms. The van der Waals surface area contributed by atoms with Crippen LogP contribution in [-0.2, 0) is 6.54 Å². The average molecular weight is 380 g/mol. The van der Waals surface area contributed by atoms with Crippen molar-refractivity contribution in [1.82, 2.24) is 5.32 Å². The van der Waals surface area contributed by atoms with Gasteiger partial charge in [-0.15, -0.1) is 0 Å². The standard InChI is InChI=1S/C19H26BrNO2/c1-3-11-23-19-17(20)12-16(13-18(19)22-2)14-21-10-9-15-7-5-4-6-8-15/h3,7,12-13,21H,1,4-6,8-11,14H2,2H3. The lowest BCUT2D eigenvalue weighted by Crippen LogP contribution is -2.16. The van der Waals surface area contributed by atoms with E-state index in [2.05, 4.69) is 40.0 Å². The third-order valence-electron chi connectivity index (χ3n) is 3.97. The summed E-state index contributed by atoms with van der Waals surface area (Å²) in [5.41, 5.74) is 2.79. The van der Waals surface area contributed by atoms with Gasteiger partial charge in [0.25, 0.3) is 0 Å². The molecule has 126 valence electrons. The van der Waals surface area contributed by atoms with E-state index in [0.29, 0.717) is 6.61 Å². The van der Waals surface area contributed by atoms with Crippen LogP contribution in [-0.4, -0.2) is 20.3 Å². The molecule has 0 amide bonds. The van der Waals surface area contributed by atoms with E-state index in [4.69, 9.17) is 9.47 Å². The molecule has 2 rings (SSSR count). The summed E-state index contributed by atoms with van der Waals surface area (Å²) in [5, 5.41) is 3.52. The summed E-state index contributed by atoms with van der Waals surface area (Å²) in [7, 11) is 1.66. The van der Waals surface area contributed by atoms with Crippen LogP contribution in [0.25, 0.3) is 0 Å². The fraction of sp³-hybridized carbons (Fsp3) is 0.474. The number of halogens is 1. The zero-order valence-electron chi connectivity index (χ0n) is 13.9. The molecular weight excluding hydrogens is 354 g/mol. The van der Waals surface area contributed by atoms with Crippen LogP contribution in [0.4, 0.5) is 0 Å². The minimum atomic E-state index is 0.460. The minimum Gasteiger partial charge on any atom is -0.493 e. The Labute approximate surface area is 147 Å². The molecule has 0 atom stereocenters. The van der Waals surface area contributed by atoms with Gasteiger partial charge in [-0.05, 0) is 72.3 Å². The maximum Gasteiger partial charge on any atom is 0.175 e. The van der Waals surface area contributed by atoms with Crippen LogP contribution >= 0.6 is 15.9 Å². The summed E-state index contributed by atoms with van der Waals surface area (Å²) in [6.07, 6.45) is 10.5. The number of methoxy groups -OCH3 is 1. The predicted octanol–water partition coefficient (Wildman–Crippen LogP) is 5.00. The number of benzene rings is 1. The molecule has 0 bridgehead atoms. The molecule has 0 saturated carbocycles. The third kappa shape index (κ3) is 5.70. The van der Waals surface area contributed by atoms with Crippen molar-refractivity contribution >= 4 is 15.9 Å². The Morgan fingerprint density at radius 2 is 2.22 bits per heavy atom. The van der Waals surface area contributed by atoms with Crippen molar-refractivity contribution in [1.29, 1.82) is 0 Å². The van der Waals surface area contributed by atoms with Gasteiger partial charge in [0.15, 0.2) is 11.5 Å². The first-order valence-electron chi connectivity index (χ1n) is 8.23. The van der Waals surface area contributed by atoms with Crippen LogP contribution in [0.15, 0.2) is 40.9 Å². The largest absolute Gasteiger partial charge is 0.493 e. The zero-order valence-corrected chi connectivity index (χ0v) is 15.5. The fourth-order valence-corrected chi connectivity index (χ4v) is 3.37. The summed E-state index contributed by atoms with van der Waals surface area (Å²) in [5.74, 6) is 1.47. The highest BCUT2D eigenvalue weighted by atomic mass is 79.9. The first kappa shape index (κ1) is 18.1. The van der Waals surface area contributed by atoms with E-state index in [0.717, 1.165) is 35.5 Å². The van der Waals surface area contributed by atoms with Crippen molar-refractivity contribution in [3.63, 3.8) is 0 Å². The van der Waals surface area contributed by atoms with E-state index in [1.165, 1.54) is 31.2 Å². The molecule has 0 fully saturated rings. The van der Waals surface area contributed by atoms with Gasteiger partial charge >= 0.3 is 0 Å². The summed E-state index contributed by atoms with van der Waals surface area (Å²) in [6.45, 7) is 5.97.